The molecule has 0 atom stereocenters. The molecule has 88 valence electrons. The first kappa shape index (κ1) is 11.6. The Labute approximate surface area is 98.3 Å². The molecular formula is C10H11N4O2P. The molecule has 0 aliphatic carbocycles. The van der Waals surface area contributed by atoms with E-state index in [9.17, 15) is 9.46 Å². The third kappa shape index (κ3) is 3.55. The highest BCUT2D eigenvalue weighted by atomic mass is 31.2. The minimum absolute atomic E-state index is 0.521. The van der Waals surface area contributed by atoms with Gasteiger partial charge in [0.05, 0.1) is 0 Å². The van der Waals surface area contributed by atoms with Crippen molar-refractivity contribution in [3.63, 3.8) is 0 Å². The van der Waals surface area contributed by atoms with Crippen LogP contribution < -0.4 is 10.2 Å². The van der Waals surface area contributed by atoms with Crippen molar-refractivity contribution < 1.29 is 9.46 Å². The number of rotatable bonds is 4. The van der Waals surface area contributed by atoms with E-state index in [1.54, 1.807) is 24.3 Å². The molecule has 7 heteroatoms. The maximum absolute atomic E-state index is 11.8. The monoisotopic (exact) mass is 250 g/mol. The molecule has 0 amide bonds. The summed E-state index contributed by atoms with van der Waals surface area (Å²) in [7, 11) is -3.69. The van der Waals surface area contributed by atoms with Crippen molar-refractivity contribution >= 4 is 19.0 Å². The summed E-state index contributed by atoms with van der Waals surface area (Å²) in [6, 6.07) is 6.43. The highest BCUT2D eigenvalue weighted by Crippen LogP contribution is 2.40. The zero-order valence-corrected chi connectivity index (χ0v) is 9.71. The van der Waals surface area contributed by atoms with Crippen molar-refractivity contribution in [3.05, 3.63) is 49.1 Å². The maximum Gasteiger partial charge on any atom is 0.389 e. The van der Waals surface area contributed by atoms with Gasteiger partial charge in [-0.05, 0) is 24.3 Å². The third-order valence-corrected chi connectivity index (χ3v) is 3.04. The van der Waals surface area contributed by atoms with Crippen LogP contribution >= 0.6 is 7.67 Å². The Balaban J connectivity index is 2.07. The highest BCUT2D eigenvalue weighted by Gasteiger charge is 2.17. The topological polar surface area (TPSA) is 87.1 Å². The van der Waals surface area contributed by atoms with Crippen LogP contribution in [0.3, 0.4) is 0 Å². The van der Waals surface area contributed by atoms with E-state index < -0.39 is 7.67 Å². The van der Waals surface area contributed by atoms with Crippen molar-refractivity contribution in [1.29, 1.82) is 0 Å². The zero-order chi connectivity index (χ0) is 12.1. The van der Waals surface area contributed by atoms with Crippen molar-refractivity contribution in [3.8, 4) is 0 Å². The molecule has 0 aliphatic rings. The molecule has 0 spiro atoms. The molecule has 0 saturated heterocycles. The van der Waals surface area contributed by atoms with E-state index in [0.717, 1.165) is 0 Å². The van der Waals surface area contributed by atoms with Crippen LogP contribution in [0.25, 0.3) is 0 Å². The zero-order valence-electron chi connectivity index (χ0n) is 8.82. The number of hydrogen-bond acceptors (Lipinski definition) is 3. The summed E-state index contributed by atoms with van der Waals surface area (Å²) in [6.07, 6.45) is 6.15. The summed E-state index contributed by atoms with van der Waals surface area (Å²) >= 11 is 0. The van der Waals surface area contributed by atoms with Crippen LogP contribution in [0.5, 0.6) is 0 Å². The Morgan fingerprint density at radius 1 is 0.882 bits per heavy atom. The van der Waals surface area contributed by atoms with Crippen molar-refractivity contribution in [2.24, 2.45) is 0 Å². The van der Waals surface area contributed by atoms with Crippen molar-refractivity contribution in [2.75, 3.05) is 10.2 Å². The van der Waals surface area contributed by atoms with E-state index in [1.165, 1.54) is 24.8 Å². The van der Waals surface area contributed by atoms with Gasteiger partial charge < -0.3 is 4.89 Å². The van der Waals surface area contributed by atoms with E-state index in [1.807, 2.05) is 0 Å². The van der Waals surface area contributed by atoms with Gasteiger partial charge in [-0.2, -0.15) is 0 Å². The fourth-order valence-corrected chi connectivity index (χ4v) is 2.28. The average Bonchev–Trinajstić information content (AvgIpc) is 2.30. The van der Waals surface area contributed by atoms with Gasteiger partial charge in [0, 0.05) is 36.2 Å². The predicted molar refractivity (Wildman–Crippen MR) is 65.5 cm³/mol. The number of anilines is 2. The molecule has 2 heterocycles. The molecule has 0 radical (unpaired) electrons. The summed E-state index contributed by atoms with van der Waals surface area (Å²) in [4.78, 5) is 17.4. The minimum Gasteiger partial charge on any atom is -0.313 e. The molecule has 0 aliphatic heterocycles. The summed E-state index contributed by atoms with van der Waals surface area (Å²) in [5.74, 6) is 0. The fourth-order valence-electron chi connectivity index (χ4n) is 1.23. The normalized spacial score (nSPS) is 10.9. The first-order valence-electron chi connectivity index (χ1n) is 4.85. The first-order chi connectivity index (χ1) is 8.16. The van der Waals surface area contributed by atoms with Crippen LogP contribution in [0.4, 0.5) is 11.4 Å². The van der Waals surface area contributed by atoms with Crippen LogP contribution in [-0.2, 0) is 4.57 Å². The van der Waals surface area contributed by atoms with Gasteiger partial charge in [-0.15, -0.1) is 0 Å². The summed E-state index contributed by atoms with van der Waals surface area (Å²) in [5, 5.41) is 5.01. The van der Waals surface area contributed by atoms with Crippen LogP contribution in [0, 0.1) is 0 Å². The Hall–Kier alpha value is -1.91. The molecule has 17 heavy (non-hydrogen) atoms. The average molecular weight is 250 g/mol. The Kier molecular flexibility index (Phi) is 3.37. The van der Waals surface area contributed by atoms with Crippen LogP contribution in [0.1, 0.15) is 0 Å². The van der Waals surface area contributed by atoms with Crippen LogP contribution in [0.15, 0.2) is 49.1 Å². The van der Waals surface area contributed by atoms with Crippen molar-refractivity contribution in [2.45, 2.75) is 0 Å². The number of aromatic nitrogens is 2. The lowest BCUT2D eigenvalue weighted by Gasteiger charge is -2.15. The molecule has 0 bridgehead atoms. The lowest BCUT2D eigenvalue weighted by molar-refractivity contribution is 0.490. The van der Waals surface area contributed by atoms with Crippen LogP contribution in [0.2, 0.25) is 0 Å². The number of nitrogens with zero attached hydrogens (tertiary/aromatic N) is 2. The van der Waals surface area contributed by atoms with Crippen molar-refractivity contribution in [1.82, 2.24) is 9.97 Å². The number of nitrogens with one attached hydrogen (secondary N) is 2. The predicted octanol–water partition coefficient (Wildman–Crippen LogP) is 2.10. The maximum atomic E-state index is 11.8. The van der Waals surface area contributed by atoms with E-state index in [0.29, 0.717) is 11.4 Å². The molecule has 2 rings (SSSR count). The minimum atomic E-state index is -3.69. The molecule has 6 nitrogen and oxygen atoms in total. The first-order valence-corrected chi connectivity index (χ1v) is 6.51. The van der Waals surface area contributed by atoms with E-state index in [-0.39, 0.29) is 0 Å². The molecule has 0 saturated carbocycles. The lowest BCUT2D eigenvalue weighted by Crippen LogP contribution is -2.05. The Bertz CT molecular complexity index is 475. The molecule has 3 N–H and O–H groups in total. The fraction of sp³-hybridized carbons (Fsp3) is 0. The summed E-state index contributed by atoms with van der Waals surface area (Å²) in [6.45, 7) is 0. The second-order valence-electron chi connectivity index (χ2n) is 3.27. The van der Waals surface area contributed by atoms with E-state index in [4.69, 9.17) is 0 Å². The summed E-state index contributed by atoms with van der Waals surface area (Å²) < 4.78 is 11.8. The van der Waals surface area contributed by atoms with Gasteiger partial charge in [0.2, 0.25) is 0 Å². The largest absolute Gasteiger partial charge is 0.389 e. The molecular weight excluding hydrogens is 239 g/mol. The van der Waals surface area contributed by atoms with Gasteiger partial charge in [-0.3, -0.25) is 20.1 Å². The Morgan fingerprint density at radius 2 is 1.24 bits per heavy atom. The van der Waals surface area contributed by atoms with Gasteiger partial charge in [-0.25, -0.2) is 4.57 Å². The van der Waals surface area contributed by atoms with Gasteiger partial charge in [0.1, 0.15) is 0 Å². The SMILES string of the molecule is O=P(O)(Nc1ccncc1)Nc1ccncc1. The Morgan fingerprint density at radius 3 is 1.59 bits per heavy atom. The summed E-state index contributed by atoms with van der Waals surface area (Å²) in [5.41, 5.74) is 1.04. The lowest BCUT2D eigenvalue weighted by atomic mass is 10.4. The van der Waals surface area contributed by atoms with Gasteiger partial charge in [0.25, 0.3) is 0 Å². The third-order valence-electron chi connectivity index (χ3n) is 1.92. The van der Waals surface area contributed by atoms with Gasteiger partial charge >= 0.3 is 7.67 Å². The van der Waals surface area contributed by atoms with E-state index >= 15 is 0 Å². The molecule has 0 fully saturated rings. The second kappa shape index (κ2) is 4.95. The molecule has 0 unspecified atom stereocenters. The van der Waals surface area contributed by atoms with Gasteiger partial charge in [-0.1, -0.05) is 0 Å². The number of hydrogen-bond donors (Lipinski definition) is 3. The van der Waals surface area contributed by atoms with E-state index in [2.05, 4.69) is 20.1 Å². The molecule has 0 aromatic carbocycles. The highest BCUT2D eigenvalue weighted by molar-refractivity contribution is 7.61. The standard InChI is InChI=1S/C10H11N4O2P/c15-17(16,13-9-1-5-11-6-2-9)14-10-3-7-12-8-4-10/h1-8H,(H3,11,12,13,14,15,16). The van der Waals surface area contributed by atoms with Crippen LogP contribution in [-0.4, -0.2) is 14.9 Å². The molecule has 2 aromatic rings. The quantitative estimate of drug-likeness (QED) is 0.720. The smallest absolute Gasteiger partial charge is 0.313 e. The molecule has 2 aromatic heterocycles. The number of pyridine rings is 2. The van der Waals surface area contributed by atoms with Gasteiger partial charge in [0.15, 0.2) is 0 Å². The second-order valence-corrected chi connectivity index (χ2v) is 4.87.